The van der Waals surface area contributed by atoms with Crippen molar-refractivity contribution < 1.29 is 4.79 Å². The van der Waals surface area contributed by atoms with Gasteiger partial charge in [0.25, 0.3) is 5.56 Å². The molecule has 0 unspecified atom stereocenters. The summed E-state index contributed by atoms with van der Waals surface area (Å²) >= 11 is 0. The summed E-state index contributed by atoms with van der Waals surface area (Å²) in [5.41, 5.74) is 2.09. The zero-order chi connectivity index (χ0) is 22.4. The van der Waals surface area contributed by atoms with Gasteiger partial charge in [-0.25, -0.2) is 19.9 Å². The maximum Gasteiger partial charge on any atom is 0.256 e. The normalized spacial score (nSPS) is 10.6. The van der Waals surface area contributed by atoms with Gasteiger partial charge in [-0.3, -0.25) is 14.2 Å². The number of hydrogen-bond donors (Lipinski definition) is 3. The molecule has 0 saturated heterocycles. The average molecular weight is 422 g/mol. The van der Waals surface area contributed by atoms with E-state index in [4.69, 9.17) is 0 Å². The Morgan fingerprint density at radius 1 is 1.00 bits per heavy atom. The van der Waals surface area contributed by atoms with E-state index < -0.39 is 0 Å². The summed E-state index contributed by atoms with van der Waals surface area (Å²) < 4.78 is 1.30. The van der Waals surface area contributed by atoms with Crippen LogP contribution in [-0.2, 0) is 11.3 Å². The molecule has 3 N–H and O–H groups in total. The summed E-state index contributed by atoms with van der Waals surface area (Å²) in [4.78, 5) is 41.4. The number of nitrogens with zero attached hydrogens (tertiary/aromatic N) is 5. The third kappa shape index (κ3) is 6.08. The van der Waals surface area contributed by atoms with Gasteiger partial charge in [0.15, 0.2) is 0 Å². The first-order chi connectivity index (χ1) is 14.8. The van der Waals surface area contributed by atoms with Gasteiger partial charge in [-0.2, -0.15) is 0 Å². The second-order valence-electron chi connectivity index (χ2n) is 7.19. The average Bonchev–Trinajstić information content (AvgIpc) is 2.71. The van der Waals surface area contributed by atoms with Gasteiger partial charge in [-0.1, -0.05) is 0 Å². The molecule has 0 spiro atoms. The fourth-order valence-electron chi connectivity index (χ4n) is 2.85. The van der Waals surface area contributed by atoms with Crippen LogP contribution in [0, 0.1) is 27.7 Å². The number of hydrogen-bond acceptors (Lipinski definition) is 8. The van der Waals surface area contributed by atoms with Crippen LogP contribution >= 0.6 is 0 Å². The number of aromatic nitrogens is 5. The van der Waals surface area contributed by atoms with Crippen molar-refractivity contribution in [2.75, 3.05) is 23.7 Å². The Morgan fingerprint density at radius 3 is 2.55 bits per heavy atom. The van der Waals surface area contributed by atoms with E-state index in [9.17, 15) is 9.59 Å². The molecule has 10 nitrogen and oxygen atoms in total. The highest BCUT2D eigenvalue weighted by molar-refractivity contribution is 5.75. The van der Waals surface area contributed by atoms with Gasteiger partial charge < -0.3 is 16.0 Å². The fraction of sp³-hybridized carbons (Fsp3) is 0.333. The maximum absolute atomic E-state index is 12.2. The predicted molar refractivity (Wildman–Crippen MR) is 118 cm³/mol. The largest absolute Gasteiger partial charge is 0.368 e. The molecule has 0 radical (unpaired) electrons. The van der Waals surface area contributed by atoms with Gasteiger partial charge in [0.1, 0.15) is 29.8 Å². The minimum atomic E-state index is -0.263. The minimum absolute atomic E-state index is 0.0723. The number of carbonyl (C=O) groups is 1. The molecule has 3 aromatic heterocycles. The standard InChI is InChI=1S/C21H26N8O2/c1-13-5-6-22-17(9-13)28-19-10-18(26-16(4)27-19)23-7-8-24-20(30)11-29-12-25-15(3)14(2)21(29)31/h5-6,9-10,12H,7-8,11H2,1-4H3,(H,24,30)(H2,22,23,26,27,28). The molecule has 0 aromatic carbocycles. The van der Waals surface area contributed by atoms with Gasteiger partial charge in [0.05, 0.1) is 6.33 Å². The van der Waals surface area contributed by atoms with Crippen LogP contribution in [-0.4, -0.2) is 43.5 Å². The van der Waals surface area contributed by atoms with Crippen molar-refractivity contribution in [3.05, 3.63) is 63.7 Å². The van der Waals surface area contributed by atoms with Gasteiger partial charge in [0.2, 0.25) is 5.91 Å². The molecule has 0 aliphatic rings. The number of nitrogens with one attached hydrogen (secondary N) is 3. The Kier molecular flexibility index (Phi) is 6.91. The van der Waals surface area contributed by atoms with E-state index in [1.165, 1.54) is 10.9 Å². The molecule has 0 atom stereocenters. The summed E-state index contributed by atoms with van der Waals surface area (Å²) in [6.45, 7) is 8.02. The van der Waals surface area contributed by atoms with Crippen LogP contribution in [0.4, 0.5) is 17.5 Å². The number of amides is 1. The van der Waals surface area contributed by atoms with Gasteiger partial charge in [-0.05, 0) is 45.4 Å². The molecular weight excluding hydrogens is 396 g/mol. The van der Waals surface area contributed by atoms with E-state index in [1.807, 2.05) is 19.1 Å². The van der Waals surface area contributed by atoms with Gasteiger partial charge >= 0.3 is 0 Å². The lowest BCUT2D eigenvalue weighted by Gasteiger charge is -2.11. The van der Waals surface area contributed by atoms with Crippen molar-refractivity contribution in [3.63, 3.8) is 0 Å². The van der Waals surface area contributed by atoms with Gasteiger partial charge in [-0.15, -0.1) is 0 Å². The van der Waals surface area contributed by atoms with E-state index in [0.717, 1.165) is 5.56 Å². The van der Waals surface area contributed by atoms with Crippen LogP contribution in [0.2, 0.25) is 0 Å². The summed E-state index contributed by atoms with van der Waals surface area (Å²) in [5.74, 6) is 2.30. The third-order valence-corrected chi connectivity index (χ3v) is 4.59. The number of anilines is 3. The second kappa shape index (κ2) is 9.79. The number of carbonyl (C=O) groups excluding carboxylic acids is 1. The van der Waals surface area contributed by atoms with Crippen LogP contribution in [0.15, 0.2) is 35.5 Å². The lowest BCUT2D eigenvalue weighted by molar-refractivity contribution is -0.121. The summed E-state index contributed by atoms with van der Waals surface area (Å²) in [5, 5.41) is 9.11. The van der Waals surface area contributed by atoms with E-state index in [-0.39, 0.29) is 18.0 Å². The molecule has 31 heavy (non-hydrogen) atoms. The lowest BCUT2D eigenvalue weighted by Crippen LogP contribution is -2.35. The smallest absolute Gasteiger partial charge is 0.256 e. The molecule has 10 heteroatoms. The van der Waals surface area contributed by atoms with Crippen molar-refractivity contribution in [2.45, 2.75) is 34.2 Å². The van der Waals surface area contributed by atoms with Crippen LogP contribution < -0.4 is 21.5 Å². The molecular formula is C21H26N8O2. The Morgan fingerprint density at radius 2 is 1.77 bits per heavy atom. The first-order valence-electron chi connectivity index (χ1n) is 9.90. The van der Waals surface area contributed by atoms with Crippen LogP contribution in [0.25, 0.3) is 0 Å². The van der Waals surface area contributed by atoms with E-state index in [0.29, 0.717) is 47.6 Å². The molecule has 0 aliphatic carbocycles. The SMILES string of the molecule is Cc1ccnc(Nc2cc(NCCNC(=O)Cn3cnc(C)c(C)c3=O)nc(C)n2)c1. The number of pyridine rings is 1. The van der Waals surface area contributed by atoms with Gasteiger partial charge in [0, 0.05) is 36.6 Å². The summed E-state index contributed by atoms with van der Waals surface area (Å²) in [6, 6.07) is 5.63. The van der Waals surface area contributed by atoms with Crippen molar-refractivity contribution in [3.8, 4) is 0 Å². The van der Waals surface area contributed by atoms with Crippen molar-refractivity contribution in [1.82, 2.24) is 29.8 Å². The lowest BCUT2D eigenvalue weighted by atomic mass is 10.3. The Balaban J connectivity index is 1.51. The summed E-state index contributed by atoms with van der Waals surface area (Å²) in [6.07, 6.45) is 3.12. The van der Waals surface area contributed by atoms with Crippen molar-refractivity contribution in [1.29, 1.82) is 0 Å². The van der Waals surface area contributed by atoms with Crippen LogP contribution in [0.1, 0.15) is 22.6 Å². The topological polar surface area (TPSA) is 127 Å². The number of aryl methyl sites for hydroxylation is 3. The minimum Gasteiger partial charge on any atom is -0.368 e. The van der Waals surface area contributed by atoms with Crippen molar-refractivity contribution >= 4 is 23.4 Å². The van der Waals surface area contributed by atoms with Crippen LogP contribution in [0.5, 0.6) is 0 Å². The second-order valence-corrected chi connectivity index (χ2v) is 7.19. The first kappa shape index (κ1) is 21.9. The number of rotatable bonds is 8. The Labute approximate surface area is 180 Å². The molecule has 3 rings (SSSR count). The third-order valence-electron chi connectivity index (χ3n) is 4.59. The molecule has 3 aromatic rings. The van der Waals surface area contributed by atoms with E-state index in [1.54, 1.807) is 33.0 Å². The quantitative estimate of drug-likeness (QED) is 0.468. The molecule has 0 fully saturated rings. The zero-order valence-corrected chi connectivity index (χ0v) is 18.1. The molecule has 0 bridgehead atoms. The highest BCUT2D eigenvalue weighted by Crippen LogP contribution is 2.16. The molecule has 0 saturated carbocycles. The molecule has 162 valence electrons. The monoisotopic (exact) mass is 422 g/mol. The molecule has 0 aliphatic heterocycles. The van der Waals surface area contributed by atoms with Crippen LogP contribution in [0.3, 0.4) is 0 Å². The summed E-state index contributed by atoms with van der Waals surface area (Å²) in [7, 11) is 0. The molecule has 3 heterocycles. The first-order valence-corrected chi connectivity index (χ1v) is 9.90. The van der Waals surface area contributed by atoms with E-state index in [2.05, 4.69) is 35.9 Å². The zero-order valence-electron chi connectivity index (χ0n) is 18.1. The Hall–Kier alpha value is -3.82. The predicted octanol–water partition coefficient (Wildman–Crippen LogP) is 1.63. The fourth-order valence-corrected chi connectivity index (χ4v) is 2.85. The van der Waals surface area contributed by atoms with Crippen molar-refractivity contribution in [2.24, 2.45) is 0 Å². The maximum atomic E-state index is 12.2. The highest BCUT2D eigenvalue weighted by Gasteiger charge is 2.08. The van der Waals surface area contributed by atoms with E-state index >= 15 is 0 Å². The molecule has 1 amide bonds. The highest BCUT2D eigenvalue weighted by atomic mass is 16.2. The Bertz CT molecular complexity index is 1140.